The molecule has 0 saturated heterocycles. The zero-order valence-corrected chi connectivity index (χ0v) is 11.1. The third kappa shape index (κ3) is 4.13. The van der Waals surface area contributed by atoms with Crippen LogP contribution in [0, 0.1) is 5.92 Å². The van der Waals surface area contributed by atoms with E-state index in [1.165, 1.54) is 4.90 Å². The lowest BCUT2D eigenvalue weighted by atomic mass is 10.3. The van der Waals surface area contributed by atoms with Gasteiger partial charge in [0.1, 0.15) is 6.54 Å². The van der Waals surface area contributed by atoms with Gasteiger partial charge in [-0.05, 0) is 43.0 Å². The van der Waals surface area contributed by atoms with E-state index in [1.807, 2.05) is 0 Å². The van der Waals surface area contributed by atoms with Gasteiger partial charge in [-0.1, -0.05) is 11.6 Å². The number of carboxylic acid groups (broad SMARTS) is 1. The Hall–Kier alpha value is -1.75. The number of hydrogen-bond acceptors (Lipinski definition) is 2. The first-order valence-electron chi connectivity index (χ1n) is 6.09. The second kappa shape index (κ2) is 5.93. The van der Waals surface area contributed by atoms with Crippen LogP contribution in [0.3, 0.4) is 0 Å². The summed E-state index contributed by atoms with van der Waals surface area (Å²) < 4.78 is 0. The number of halogens is 1. The van der Waals surface area contributed by atoms with Crippen LogP contribution in [0.25, 0.3) is 0 Å². The third-order valence-corrected chi connectivity index (χ3v) is 3.17. The van der Waals surface area contributed by atoms with Gasteiger partial charge in [-0.15, -0.1) is 0 Å². The highest BCUT2D eigenvalue weighted by molar-refractivity contribution is 6.30. The molecule has 1 aliphatic rings. The van der Waals surface area contributed by atoms with Crippen molar-refractivity contribution in [3.05, 3.63) is 29.3 Å². The fraction of sp³-hybridized carbons (Fsp3) is 0.385. The lowest BCUT2D eigenvalue weighted by Crippen LogP contribution is -2.43. The second-order valence-corrected chi connectivity index (χ2v) is 5.02. The molecule has 0 heterocycles. The molecular weight excluding hydrogens is 268 g/mol. The van der Waals surface area contributed by atoms with Crippen LogP contribution in [0.2, 0.25) is 5.02 Å². The number of aliphatic carboxylic acids is 1. The van der Waals surface area contributed by atoms with Crippen molar-refractivity contribution in [3.8, 4) is 0 Å². The molecule has 0 radical (unpaired) electrons. The number of carbonyl (C=O) groups is 2. The van der Waals surface area contributed by atoms with Gasteiger partial charge in [-0.2, -0.15) is 0 Å². The summed E-state index contributed by atoms with van der Waals surface area (Å²) in [4.78, 5) is 24.1. The lowest BCUT2D eigenvalue weighted by molar-refractivity contribution is -0.135. The first-order chi connectivity index (χ1) is 9.06. The summed E-state index contributed by atoms with van der Waals surface area (Å²) >= 11 is 5.78. The Bertz CT molecular complexity index is 471. The molecule has 0 bridgehead atoms. The predicted octanol–water partition coefficient (Wildman–Crippen LogP) is 2.35. The molecular formula is C13H15ClN2O3. The molecule has 1 saturated carbocycles. The second-order valence-electron chi connectivity index (χ2n) is 4.59. The van der Waals surface area contributed by atoms with E-state index < -0.39 is 12.0 Å². The third-order valence-electron chi connectivity index (χ3n) is 2.92. The van der Waals surface area contributed by atoms with Crippen molar-refractivity contribution in [2.75, 3.05) is 18.0 Å². The molecule has 0 unspecified atom stereocenters. The molecule has 2 amide bonds. The maximum absolute atomic E-state index is 12.0. The number of carboxylic acids is 1. The zero-order chi connectivity index (χ0) is 13.8. The summed E-state index contributed by atoms with van der Waals surface area (Å²) in [6.07, 6.45) is 2.25. The molecule has 2 N–H and O–H groups in total. The Labute approximate surface area is 116 Å². The highest BCUT2D eigenvalue weighted by Gasteiger charge is 2.24. The van der Waals surface area contributed by atoms with E-state index in [1.54, 1.807) is 24.3 Å². The Morgan fingerprint density at radius 2 is 1.95 bits per heavy atom. The van der Waals surface area contributed by atoms with E-state index in [0.717, 1.165) is 12.8 Å². The maximum atomic E-state index is 12.0. The number of urea groups is 1. The van der Waals surface area contributed by atoms with Gasteiger partial charge in [-0.3, -0.25) is 9.69 Å². The van der Waals surface area contributed by atoms with Crippen LogP contribution in [0.4, 0.5) is 10.5 Å². The van der Waals surface area contributed by atoms with Gasteiger partial charge < -0.3 is 10.4 Å². The van der Waals surface area contributed by atoms with Gasteiger partial charge in [0, 0.05) is 17.3 Å². The van der Waals surface area contributed by atoms with Crippen LogP contribution in [-0.4, -0.2) is 30.2 Å². The van der Waals surface area contributed by atoms with Crippen LogP contribution in [0.1, 0.15) is 12.8 Å². The molecule has 102 valence electrons. The number of amides is 2. The maximum Gasteiger partial charge on any atom is 0.323 e. The number of anilines is 1. The highest BCUT2D eigenvalue weighted by Crippen LogP contribution is 2.27. The summed E-state index contributed by atoms with van der Waals surface area (Å²) in [5.74, 6) is -0.516. The van der Waals surface area contributed by atoms with Gasteiger partial charge in [0.2, 0.25) is 0 Å². The fourth-order valence-electron chi connectivity index (χ4n) is 1.69. The SMILES string of the molecule is O=C(O)CN(C(=O)NCC1CC1)c1ccc(Cl)cc1. The Balaban J connectivity index is 2.06. The molecule has 0 aromatic heterocycles. The highest BCUT2D eigenvalue weighted by atomic mass is 35.5. The summed E-state index contributed by atoms with van der Waals surface area (Å²) in [5.41, 5.74) is 0.514. The standard InChI is InChI=1S/C13H15ClN2O3/c14-10-3-5-11(6-4-10)16(8-12(17)18)13(19)15-7-9-1-2-9/h3-6,9H,1-2,7-8H2,(H,15,19)(H,17,18). The minimum absolute atomic E-state index is 0.377. The number of carbonyl (C=O) groups excluding carboxylic acids is 1. The molecule has 1 fully saturated rings. The first kappa shape index (κ1) is 13.7. The largest absolute Gasteiger partial charge is 0.480 e. The lowest BCUT2D eigenvalue weighted by Gasteiger charge is -2.21. The molecule has 19 heavy (non-hydrogen) atoms. The average molecular weight is 283 g/mol. The van der Waals surface area contributed by atoms with E-state index in [0.29, 0.717) is 23.2 Å². The quantitative estimate of drug-likeness (QED) is 0.871. The van der Waals surface area contributed by atoms with Crippen molar-refractivity contribution in [2.24, 2.45) is 5.92 Å². The topological polar surface area (TPSA) is 69.6 Å². The minimum atomic E-state index is -1.06. The van der Waals surface area contributed by atoms with Crippen LogP contribution in [0.5, 0.6) is 0 Å². The number of rotatable bonds is 5. The van der Waals surface area contributed by atoms with Crippen molar-refractivity contribution < 1.29 is 14.7 Å². The van der Waals surface area contributed by atoms with E-state index in [-0.39, 0.29) is 6.54 Å². The van der Waals surface area contributed by atoms with E-state index in [2.05, 4.69) is 5.32 Å². The first-order valence-corrected chi connectivity index (χ1v) is 6.47. The van der Waals surface area contributed by atoms with Gasteiger partial charge in [-0.25, -0.2) is 4.79 Å². The van der Waals surface area contributed by atoms with Crippen molar-refractivity contribution in [1.82, 2.24) is 5.32 Å². The molecule has 0 aliphatic heterocycles. The van der Waals surface area contributed by atoms with Crippen LogP contribution >= 0.6 is 11.6 Å². The zero-order valence-electron chi connectivity index (χ0n) is 10.3. The predicted molar refractivity (Wildman–Crippen MR) is 72.6 cm³/mol. The summed E-state index contributed by atoms with van der Waals surface area (Å²) in [6, 6.07) is 6.11. The summed E-state index contributed by atoms with van der Waals surface area (Å²) in [6.45, 7) is 0.223. The number of nitrogens with zero attached hydrogens (tertiary/aromatic N) is 1. The molecule has 1 aliphatic carbocycles. The molecule has 2 rings (SSSR count). The van der Waals surface area contributed by atoms with Crippen molar-refractivity contribution in [3.63, 3.8) is 0 Å². The monoisotopic (exact) mass is 282 g/mol. The van der Waals surface area contributed by atoms with Crippen molar-refractivity contribution in [2.45, 2.75) is 12.8 Å². The molecule has 1 aromatic carbocycles. The van der Waals surface area contributed by atoms with Crippen molar-refractivity contribution >= 4 is 29.3 Å². The van der Waals surface area contributed by atoms with Crippen LogP contribution in [0.15, 0.2) is 24.3 Å². The molecule has 6 heteroatoms. The molecule has 1 aromatic rings. The Kier molecular flexibility index (Phi) is 4.27. The Morgan fingerprint density at radius 3 is 2.47 bits per heavy atom. The Morgan fingerprint density at radius 1 is 1.32 bits per heavy atom. The van der Waals surface area contributed by atoms with E-state index in [9.17, 15) is 9.59 Å². The normalized spacial score (nSPS) is 13.9. The number of nitrogens with one attached hydrogen (secondary N) is 1. The molecule has 0 spiro atoms. The van der Waals surface area contributed by atoms with E-state index in [4.69, 9.17) is 16.7 Å². The average Bonchev–Trinajstić information content (AvgIpc) is 3.18. The van der Waals surface area contributed by atoms with Gasteiger partial charge in [0.05, 0.1) is 0 Å². The molecule has 0 atom stereocenters. The smallest absolute Gasteiger partial charge is 0.323 e. The van der Waals surface area contributed by atoms with Crippen LogP contribution in [-0.2, 0) is 4.79 Å². The van der Waals surface area contributed by atoms with Crippen molar-refractivity contribution in [1.29, 1.82) is 0 Å². The van der Waals surface area contributed by atoms with Crippen LogP contribution < -0.4 is 10.2 Å². The summed E-state index contributed by atoms with van der Waals surface area (Å²) in [5, 5.41) is 12.2. The fourth-order valence-corrected chi connectivity index (χ4v) is 1.81. The van der Waals surface area contributed by atoms with Gasteiger partial charge in [0.15, 0.2) is 0 Å². The number of hydrogen-bond donors (Lipinski definition) is 2. The summed E-state index contributed by atoms with van der Waals surface area (Å²) in [7, 11) is 0. The molecule has 5 nitrogen and oxygen atoms in total. The minimum Gasteiger partial charge on any atom is -0.480 e. The van der Waals surface area contributed by atoms with E-state index >= 15 is 0 Å². The van der Waals surface area contributed by atoms with Gasteiger partial charge in [0.25, 0.3) is 0 Å². The van der Waals surface area contributed by atoms with Gasteiger partial charge >= 0.3 is 12.0 Å². The number of benzene rings is 1.